The Morgan fingerprint density at radius 1 is 1.00 bits per heavy atom. The number of hydrazone groups is 1. The van der Waals surface area contributed by atoms with Crippen molar-refractivity contribution in [3.63, 3.8) is 0 Å². The summed E-state index contributed by atoms with van der Waals surface area (Å²) in [6.07, 6.45) is 0.194. The minimum Gasteiger partial charge on any atom is -0.399 e. The summed E-state index contributed by atoms with van der Waals surface area (Å²) in [5.41, 5.74) is 11.3. The van der Waals surface area contributed by atoms with E-state index in [-0.39, 0.29) is 24.7 Å². The second-order valence-corrected chi connectivity index (χ2v) is 5.62. The Balaban J connectivity index is 1.73. The van der Waals surface area contributed by atoms with Crippen LogP contribution >= 0.6 is 0 Å². The Bertz CT molecular complexity index is 757. The van der Waals surface area contributed by atoms with Gasteiger partial charge in [0.05, 0.1) is 5.71 Å². The zero-order chi connectivity index (χ0) is 18.1. The molecule has 130 valence electrons. The Morgan fingerprint density at radius 2 is 1.72 bits per heavy atom. The molecule has 25 heavy (non-hydrogen) atoms. The predicted octanol–water partition coefficient (Wildman–Crippen LogP) is 2.21. The van der Waals surface area contributed by atoms with E-state index in [0.717, 1.165) is 11.1 Å². The van der Waals surface area contributed by atoms with Gasteiger partial charge in [0.25, 0.3) is 0 Å². The first-order valence-corrected chi connectivity index (χ1v) is 8.04. The normalized spacial score (nSPS) is 11.0. The van der Waals surface area contributed by atoms with Gasteiger partial charge in [-0.05, 0) is 30.2 Å². The smallest absolute Gasteiger partial charge is 0.240 e. The Kier molecular flexibility index (Phi) is 6.71. The molecule has 0 aliphatic rings. The van der Waals surface area contributed by atoms with Gasteiger partial charge in [0, 0.05) is 25.1 Å². The van der Waals surface area contributed by atoms with Crippen molar-refractivity contribution in [1.29, 1.82) is 0 Å². The zero-order valence-corrected chi connectivity index (χ0v) is 14.2. The van der Waals surface area contributed by atoms with Crippen LogP contribution in [0.3, 0.4) is 0 Å². The Labute approximate surface area is 147 Å². The van der Waals surface area contributed by atoms with Gasteiger partial charge in [-0.25, -0.2) is 5.43 Å². The molecular formula is C19H22N4O2. The van der Waals surface area contributed by atoms with Gasteiger partial charge in [0.15, 0.2) is 0 Å². The zero-order valence-electron chi connectivity index (χ0n) is 14.2. The maximum atomic E-state index is 11.8. The molecule has 0 aromatic heterocycles. The summed E-state index contributed by atoms with van der Waals surface area (Å²) >= 11 is 0. The highest BCUT2D eigenvalue weighted by atomic mass is 16.2. The first-order valence-electron chi connectivity index (χ1n) is 8.04. The van der Waals surface area contributed by atoms with E-state index in [1.165, 1.54) is 0 Å². The number of benzene rings is 2. The summed E-state index contributed by atoms with van der Waals surface area (Å²) in [5, 5.41) is 6.82. The van der Waals surface area contributed by atoms with Crippen molar-refractivity contribution in [2.75, 3.05) is 5.73 Å². The summed E-state index contributed by atoms with van der Waals surface area (Å²) in [6.45, 7) is 2.23. The summed E-state index contributed by atoms with van der Waals surface area (Å²) in [4.78, 5) is 23.6. The number of nitrogens with two attached hydrogens (primary N) is 1. The van der Waals surface area contributed by atoms with Crippen molar-refractivity contribution < 1.29 is 9.59 Å². The van der Waals surface area contributed by atoms with E-state index in [1.807, 2.05) is 42.5 Å². The fraction of sp³-hybridized carbons (Fsp3) is 0.211. The molecule has 0 saturated heterocycles. The number of anilines is 1. The van der Waals surface area contributed by atoms with E-state index in [0.29, 0.717) is 17.9 Å². The highest BCUT2D eigenvalue weighted by Gasteiger charge is 2.07. The molecule has 0 spiro atoms. The second kappa shape index (κ2) is 9.22. The monoisotopic (exact) mass is 338 g/mol. The van der Waals surface area contributed by atoms with E-state index in [9.17, 15) is 9.59 Å². The SMILES string of the molecule is C/C(=N/NC(=O)CCC(=O)NCc1ccccc1)c1cccc(N)c1. The predicted molar refractivity (Wildman–Crippen MR) is 98.7 cm³/mol. The van der Waals surface area contributed by atoms with Crippen LogP contribution in [0.1, 0.15) is 30.9 Å². The van der Waals surface area contributed by atoms with Crippen molar-refractivity contribution in [1.82, 2.24) is 10.7 Å². The van der Waals surface area contributed by atoms with Crippen molar-refractivity contribution in [2.45, 2.75) is 26.3 Å². The van der Waals surface area contributed by atoms with Gasteiger partial charge in [0.1, 0.15) is 0 Å². The molecule has 0 saturated carbocycles. The summed E-state index contributed by atoms with van der Waals surface area (Å²) in [7, 11) is 0. The van der Waals surface area contributed by atoms with Gasteiger partial charge in [0.2, 0.25) is 11.8 Å². The van der Waals surface area contributed by atoms with E-state index in [1.54, 1.807) is 19.1 Å². The lowest BCUT2D eigenvalue weighted by molar-refractivity contribution is -0.126. The third-order valence-corrected chi connectivity index (χ3v) is 3.56. The van der Waals surface area contributed by atoms with Gasteiger partial charge in [-0.15, -0.1) is 0 Å². The third-order valence-electron chi connectivity index (χ3n) is 3.56. The number of nitrogens with zero attached hydrogens (tertiary/aromatic N) is 1. The van der Waals surface area contributed by atoms with Crippen LogP contribution in [0.15, 0.2) is 59.7 Å². The highest BCUT2D eigenvalue weighted by molar-refractivity contribution is 5.99. The van der Waals surface area contributed by atoms with E-state index in [4.69, 9.17) is 5.73 Å². The first-order chi connectivity index (χ1) is 12.0. The molecule has 0 radical (unpaired) electrons. The van der Waals surface area contributed by atoms with Gasteiger partial charge < -0.3 is 11.1 Å². The molecule has 2 aromatic rings. The van der Waals surface area contributed by atoms with Gasteiger partial charge >= 0.3 is 0 Å². The van der Waals surface area contributed by atoms with Gasteiger partial charge in [-0.2, -0.15) is 5.10 Å². The van der Waals surface area contributed by atoms with E-state index in [2.05, 4.69) is 15.8 Å². The average Bonchev–Trinajstić information content (AvgIpc) is 2.63. The number of nitrogen functional groups attached to an aromatic ring is 1. The maximum Gasteiger partial charge on any atom is 0.240 e. The third kappa shape index (κ3) is 6.47. The fourth-order valence-corrected chi connectivity index (χ4v) is 2.14. The molecule has 0 heterocycles. The maximum absolute atomic E-state index is 11.8. The molecule has 0 atom stereocenters. The molecule has 6 heteroatoms. The average molecular weight is 338 g/mol. The summed E-state index contributed by atoms with van der Waals surface area (Å²) in [5.74, 6) is -0.478. The molecule has 0 aliphatic heterocycles. The second-order valence-electron chi connectivity index (χ2n) is 5.62. The Morgan fingerprint density at radius 3 is 2.44 bits per heavy atom. The number of hydrogen-bond donors (Lipinski definition) is 3. The molecule has 6 nitrogen and oxygen atoms in total. The van der Waals surface area contributed by atoms with Gasteiger partial charge in [-0.1, -0.05) is 42.5 Å². The number of hydrogen-bond acceptors (Lipinski definition) is 4. The number of amides is 2. The fourth-order valence-electron chi connectivity index (χ4n) is 2.14. The molecule has 0 fully saturated rings. The number of nitrogens with one attached hydrogen (secondary N) is 2. The standard InChI is InChI=1S/C19H22N4O2/c1-14(16-8-5-9-17(20)12-16)22-23-19(25)11-10-18(24)21-13-15-6-3-2-4-7-15/h2-9,12H,10-11,13,20H2,1H3,(H,21,24)(H,23,25)/b22-14-. The Hall–Kier alpha value is -3.15. The molecule has 2 amide bonds. The molecule has 4 N–H and O–H groups in total. The van der Waals surface area contributed by atoms with Crippen molar-refractivity contribution in [2.24, 2.45) is 5.10 Å². The van der Waals surface area contributed by atoms with Crippen molar-refractivity contribution in [3.05, 3.63) is 65.7 Å². The van der Waals surface area contributed by atoms with Crippen LogP contribution in [0.4, 0.5) is 5.69 Å². The van der Waals surface area contributed by atoms with Crippen LogP contribution in [0.5, 0.6) is 0 Å². The summed E-state index contributed by atoms with van der Waals surface area (Å²) in [6, 6.07) is 16.8. The van der Waals surface area contributed by atoms with Crippen LogP contribution in [0, 0.1) is 0 Å². The van der Waals surface area contributed by atoms with Gasteiger partial charge in [-0.3, -0.25) is 9.59 Å². The van der Waals surface area contributed by atoms with E-state index < -0.39 is 0 Å². The lowest BCUT2D eigenvalue weighted by Gasteiger charge is -2.06. The van der Waals surface area contributed by atoms with Crippen LogP contribution in [-0.4, -0.2) is 17.5 Å². The minimum absolute atomic E-state index is 0.0777. The lowest BCUT2D eigenvalue weighted by Crippen LogP contribution is -2.26. The number of carbonyl (C=O) groups excluding carboxylic acids is 2. The summed E-state index contributed by atoms with van der Waals surface area (Å²) < 4.78 is 0. The molecular weight excluding hydrogens is 316 g/mol. The van der Waals surface area contributed by atoms with Crippen LogP contribution in [0.2, 0.25) is 0 Å². The number of carbonyl (C=O) groups is 2. The lowest BCUT2D eigenvalue weighted by atomic mass is 10.1. The minimum atomic E-state index is -0.307. The molecule has 2 rings (SSSR count). The first kappa shape index (κ1) is 18.2. The largest absolute Gasteiger partial charge is 0.399 e. The quantitative estimate of drug-likeness (QED) is 0.410. The van der Waals surface area contributed by atoms with Crippen LogP contribution in [0.25, 0.3) is 0 Å². The van der Waals surface area contributed by atoms with Crippen LogP contribution in [-0.2, 0) is 16.1 Å². The number of rotatable bonds is 7. The van der Waals surface area contributed by atoms with E-state index >= 15 is 0 Å². The topological polar surface area (TPSA) is 96.6 Å². The van der Waals surface area contributed by atoms with Crippen molar-refractivity contribution >= 4 is 23.2 Å². The molecule has 0 unspecified atom stereocenters. The molecule has 0 bridgehead atoms. The molecule has 0 aliphatic carbocycles. The highest BCUT2D eigenvalue weighted by Crippen LogP contribution is 2.07. The van der Waals surface area contributed by atoms with Crippen molar-refractivity contribution in [3.8, 4) is 0 Å². The molecule has 2 aromatic carbocycles. The van der Waals surface area contributed by atoms with Crippen LogP contribution < -0.4 is 16.5 Å².